The van der Waals surface area contributed by atoms with Crippen LogP contribution in [-0.2, 0) is 14.8 Å². The van der Waals surface area contributed by atoms with Crippen molar-refractivity contribution in [2.24, 2.45) is 0 Å². The first-order valence-corrected chi connectivity index (χ1v) is 11.1. The zero-order valence-electron chi connectivity index (χ0n) is 15.5. The lowest BCUT2D eigenvalue weighted by Gasteiger charge is -2.29. The lowest BCUT2D eigenvalue weighted by atomic mass is 10.1. The quantitative estimate of drug-likeness (QED) is 0.650. The van der Waals surface area contributed by atoms with Gasteiger partial charge in [-0.25, -0.2) is 8.42 Å². The number of nitrogens with zero attached hydrogens (tertiary/aromatic N) is 1. The topological polar surface area (TPSA) is 66.5 Å². The van der Waals surface area contributed by atoms with E-state index < -0.39 is 16.1 Å². The maximum Gasteiger partial charge on any atom is 0.248 e. The zero-order chi connectivity index (χ0) is 19.6. The fourth-order valence-electron chi connectivity index (χ4n) is 2.68. The number of hydrogen-bond acceptors (Lipinski definition) is 3. The molecule has 0 saturated heterocycles. The van der Waals surface area contributed by atoms with Gasteiger partial charge in [-0.2, -0.15) is 0 Å². The highest BCUT2D eigenvalue weighted by Crippen LogP contribution is 2.25. The van der Waals surface area contributed by atoms with Gasteiger partial charge in [-0.3, -0.25) is 9.10 Å². The predicted octanol–water partition coefficient (Wildman–Crippen LogP) is 4.01. The molecule has 26 heavy (non-hydrogen) atoms. The van der Waals surface area contributed by atoms with E-state index in [4.69, 9.17) is 0 Å². The van der Waals surface area contributed by atoms with Crippen LogP contribution in [0.5, 0.6) is 0 Å². The van der Waals surface area contributed by atoms with Gasteiger partial charge >= 0.3 is 0 Å². The molecule has 0 fully saturated rings. The summed E-state index contributed by atoms with van der Waals surface area (Å²) in [5.74, 6) is -0.377. The van der Waals surface area contributed by atoms with Crippen LogP contribution in [0.2, 0.25) is 0 Å². The first-order valence-electron chi connectivity index (χ1n) is 8.14. The molecular weight excluding hydrogens is 463 g/mol. The SMILES string of the molecule is Cc1ccc(N([C@H](C)C(=O)Nc2ccc(I)cc2C)S(C)(=O)=O)cc1C. The van der Waals surface area contributed by atoms with Crippen molar-refractivity contribution in [1.82, 2.24) is 0 Å². The van der Waals surface area contributed by atoms with Crippen LogP contribution in [0.3, 0.4) is 0 Å². The fraction of sp³-hybridized carbons (Fsp3) is 0.316. The molecule has 0 spiro atoms. The second-order valence-corrected chi connectivity index (χ2v) is 9.56. The third-order valence-corrected chi connectivity index (χ3v) is 6.19. The molecule has 7 heteroatoms. The Balaban J connectivity index is 2.35. The molecule has 0 radical (unpaired) electrons. The third kappa shape index (κ3) is 4.76. The lowest BCUT2D eigenvalue weighted by Crippen LogP contribution is -2.45. The van der Waals surface area contributed by atoms with Crippen LogP contribution >= 0.6 is 22.6 Å². The normalized spacial score (nSPS) is 12.5. The van der Waals surface area contributed by atoms with Gasteiger partial charge < -0.3 is 5.32 Å². The second kappa shape index (κ2) is 7.96. The summed E-state index contributed by atoms with van der Waals surface area (Å²) in [5.41, 5.74) is 4.12. The first-order chi connectivity index (χ1) is 12.0. The molecule has 2 aromatic carbocycles. The molecule has 0 saturated carbocycles. The van der Waals surface area contributed by atoms with Crippen LogP contribution in [0, 0.1) is 24.3 Å². The molecule has 1 amide bonds. The average molecular weight is 486 g/mol. The molecule has 1 atom stereocenters. The van der Waals surface area contributed by atoms with Gasteiger partial charge in [0.2, 0.25) is 15.9 Å². The number of anilines is 2. The van der Waals surface area contributed by atoms with Crippen molar-refractivity contribution in [3.8, 4) is 0 Å². The summed E-state index contributed by atoms with van der Waals surface area (Å²) in [7, 11) is -3.63. The van der Waals surface area contributed by atoms with Crippen LogP contribution in [0.15, 0.2) is 36.4 Å². The molecule has 0 heterocycles. The monoisotopic (exact) mass is 486 g/mol. The number of aryl methyl sites for hydroxylation is 3. The number of amides is 1. The molecule has 0 aliphatic carbocycles. The van der Waals surface area contributed by atoms with Gasteiger partial charge in [0.05, 0.1) is 11.9 Å². The van der Waals surface area contributed by atoms with E-state index in [-0.39, 0.29) is 5.91 Å². The van der Waals surface area contributed by atoms with E-state index in [2.05, 4.69) is 27.9 Å². The molecule has 140 valence electrons. The minimum Gasteiger partial charge on any atom is -0.324 e. The van der Waals surface area contributed by atoms with Crippen molar-refractivity contribution >= 4 is 49.9 Å². The van der Waals surface area contributed by atoms with Gasteiger partial charge in [-0.1, -0.05) is 6.07 Å². The summed E-state index contributed by atoms with van der Waals surface area (Å²) in [6, 6.07) is 10.2. The standard InChI is InChI=1S/C19H23IN2O3S/c1-12-6-8-17(11-13(12)2)22(26(5,24)25)15(4)19(23)21-18-9-7-16(20)10-14(18)3/h6-11,15H,1-5H3,(H,21,23)/t15-/m1/s1. The number of sulfonamides is 1. The Hall–Kier alpha value is -1.61. The molecule has 2 rings (SSSR count). The van der Waals surface area contributed by atoms with Gasteiger partial charge in [-0.15, -0.1) is 0 Å². The number of halogens is 1. The van der Waals surface area contributed by atoms with Crippen molar-refractivity contribution in [2.45, 2.75) is 33.7 Å². The van der Waals surface area contributed by atoms with E-state index in [9.17, 15) is 13.2 Å². The Bertz CT molecular complexity index is 942. The summed E-state index contributed by atoms with van der Waals surface area (Å²) in [5, 5.41) is 2.84. The smallest absolute Gasteiger partial charge is 0.248 e. The fourth-order valence-corrected chi connectivity index (χ4v) is 4.49. The third-order valence-electron chi connectivity index (χ3n) is 4.28. The van der Waals surface area contributed by atoms with Crippen LogP contribution < -0.4 is 9.62 Å². The highest BCUT2D eigenvalue weighted by atomic mass is 127. The van der Waals surface area contributed by atoms with Gasteiger partial charge in [0.1, 0.15) is 6.04 Å². The Labute approximate surface area is 169 Å². The molecule has 2 aromatic rings. The highest BCUT2D eigenvalue weighted by Gasteiger charge is 2.29. The maximum absolute atomic E-state index is 12.7. The van der Waals surface area contributed by atoms with Crippen molar-refractivity contribution in [3.63, 3.8) is 0 Å². The number of rotatable bonds is 5. The molecule has 0 aliphatic rings. The summed E-state index contributed by atoms with van der Waals surface area (Å²) in [4.78, 5) is 12.7. The summed E-state index contributed by atoms with van der Waals surface area (Å²) in [6.45, 7) is 7.37. The number of carbonyl (C=O) groups excluding carboxylic acids is 1. The Kier molecular flexibility index (Phi) is 6.33. The van der Waals surface area contributed by atoms with Crippen LogP contribution in [0.25, 0.3) is 0 Å². The Morgan fingerprint density at radius 3 is 2.23 bits per heavy atom. The minimum absolute atomic E-state index is 0.377. The first kappa shape index (κ1) is 20.7. The number of carbonyl (C=O) groups is 1. The van der Waals surface area contributed by atoms with Crippen LogP contribution in [0.1, 0.15) is 23.6 Å². The van der Waals surface area contributed by atoms with E-state index in [0.29, 0.717) is 11.4 Å². The molecule has 0 aliphatic heterocycles. The Morgan fingerprint density at radius 2 is 1.69 bits per heavy atom. The molecule has 5 nitrogen and oxygen atoms in total. The van der Waals surface area contributed by atoms with E-state index in [1.54, 1.807) is 19.1 Å². The second-order valence-electron chi connectivity index (χ2n) is 6.45. The zero-order valence-corrected chi connectivity index (χ0v) is 18.5. The van der Waals surface area contributed by atoms with E-state index >= 15 is 0 Å². The maximum atomic E-state index is 12.7. The van der Waals surface area contributed by atoms with Gasteiger partial charge in [0, 0.05) is 9.26 Å². The molecule has 1 N–H and O–H groups in total. The van der Waals surface area contributed by atoms with Crippen molar-refractivity contribution < 1.29 is 13.2 Å². The summed E-state index contributed by atoms with van der Waals surface area (Å²) < 4.78 is 27.0. The predicted molar refractivity (Wildman–Crippen MR) is 115 cm³/mol. The van der Waals surface area contributed by atoms with E-state index in [1.807, 2.05) is 45.0 Å². The summed E-state index contributed by atoms with van der Waals surface area (Å²) >= 11 is 2.20. The highest BCUT2D eigenvalue weighted by molar-refractivity contribution is 14.1. The van der Waals surface area contributed by atoms with E-state index in [0.717, 1.165) is 30.8 Å². The van der Waals surface area contributed by atoms with Gasteiger partial charge in [0.15, 0.2) is 0 Å². The Morgan fingerprint density at radius 1 is 1.04 bits per heavy atom. The molecule has 0 unspecified atom stereocenters. The van der Waals surface area contributed by atoms with Crippen LogP contribution in [0.4, 0.5) is 11.4 Å². The molecule has 0 bridgehead atoms. The minimum atomic E-state index is -3.63. The lowest BCUT2D eigenvalue weighted by molar-refractivity contribution is -0.116. The number of benzene rings is 2. The van der Waals surface area contributed by atoms with E-state index in [1.165, 1.54) is 0 Å². The van der Waals surface area contributed by atoms with Crippen molar-refractivity contribution in [2.75, 3.05) is 15.9 Å². The largest absolute Gasteiger partial charge is 0.324 e. The van der Waals surface area contributed by atoms with Crippen LogP contribution in [-0.4, -0.2) is 26.6 Å². The van der Waals surface area contributed by atoms with Gasteiger partial charge in [0.25, 0.3) is 0 Å². The van der Waals surface area contributed by atoms with Crippen molar-refractivity contribution in [1.29, 1.82) is 0 Å². The number of nitrogens with one attached hydrogen (secondary N) is 1. The van der Waals surface area contributed by atoms with Gasteiger partial charge in [-0.05, 0) is 97.3 Å². The summed E-state index contributed by atoms with van der Waals surface area (Å²) in [6.07, 6.45) is 1.11. The molecular formula is C19H23IN2O3S. The number of hydrogen-bond donors (Lipinski definition) is 1. The van der Waals surface area contributed by atoms with Crippen molar-refractivity contribution in [3.05, 3.63) is 56.7 Å². The molecule has 0 aromatic heterocycles. The average Bonchev–Trinajstić information content (AvgIpc) is 2.52.